The standard InChI is InChI=1S/C23H28ClN5O/c1-17-3-2-4-21(26-17)15-29-11-10-28(16-22(29)9-12-30)14-19-13-25-27-23(19)18-5-7-20(24)8-6-18/h2-8,13,22,30H,9-12,14-16H2,1H3,(H,25,27). The Morgan fingerprint density at radius 3 is 2.73 bits per heavy atom. The molecule has 4 rings (SSSR count). The van der Waals surface area contributed by atoms with Gasteiger partial charge < -0.3 is 5.11 Å². The molecule has 1 unspecified atom stereocenters. The third-order valence-corrected chi connectivity index (χ3v) is 5.96. The monoisotopic (exact) mass is 425 g/mol. The van der Waals surface area contributed by atoms with Crippen LogP contribution in [0.25, 0.3) is 11.3 Å². The van der Waals surface area contributed by atoms with Gasteiger partial charge in [0.15, 0.2) is 0 Å². The van der Waals surface area contributed by atoms with E-state index in [0.717, 1.165) is 66.8 Å². The topological polar surface area (TPSA) is 68.3 Å². The van der Waals surface area contributed by atoms with E-state index in [1.165, 1.54) is 5.56 Å². The Balaban J connectivity index is 1.44. The lowest BCUT2D eigenvalue weighted by Crippen LogP contribution is -2.52. The van der Waals surface area contributed by atoms with E-state index in [2.05, 4.69) is 37.1 Å². The normalized spacial score (nSPS) is 18.0. The average molecular weight is 426 g/mol. The fourth-order valence-corrected chi connectivity index (χ4v) is 4.29. The SMILES string of the molecule is Cc1cccc(CN2CCN(Cc3cn[nH]c3-c3ccc(Cl)cc3)CC2CCO)n1. The summed E-state index contributed by atoms with van der Waals surface area (Å²) in [5.41, 5.74) is 5.43. The number of aromatic amines is 1. The number of pyridine rings is 1. The molecule has 0 saturated carbocycles. The zero-order valence-electron chi connectivity index (χ0n) is 17.3. The molecule has 3 aromatic rings. The molecule has 1 atom stereocenters. The van der Waals surface area contributed by atoms with Crippen molar-refractivity contribution in [2.24, 2.45) is 0 Å². The number of aromatic nitrogens is 3. The van der Waals surface area contributed by atoms with E-state index < -0.39 is 0 Å². The average Bonchev–Trinajstić information content (AvgIpc) is 3.19. The second kappa shape index (κ2) is 9.71. The van der Waals surface area contributed by atoms with Crippen molar-refractivity contribution in [2.75, 3.05) is 26.2 Å². The Morgan fingerprint density at radius 1 is 1.13 bits per heavy atom. The lowest BCUT2D eigenvalue weighted by Gasteiger charge is -2.41. The Labute approximate surface area is 182 Å². The van der Waals surface area contributed by atoms with Crippen molar-refractivity contribution in [3.05, 3.63) is 70.6 Å². The number of halogens is 1. The van der Waals surface area contributed by atoms with Crippen LogP contribution in [0.4, 0.5) is 0 Å². The molecule has 0 radical (unpaired) electrons. The molecule has 0 bridgehead atoms. The molecule has 7 heteroatoms. The van der Waals surface area contributed by atoms with Crippen molar-refractivity contribution in [1.82, 2.24) is 25.0 Å². The van der Waals surface area contributed by atoms with E-state index in [-0.39, 0.29) is 6.61 Å². The molecule has 0 spiro atoms. The van der Waals surface area contributed by atoms with Gasteiger partial charge >= 0.3 is 0 Å². The molecular formula is C23H28ClN5O. The molecule has 3 heterocycles. The zero-order chi connectivity index (χ0) is 20.9. The first-order valence-electron chi connectivity index (χ1n) is 10.4. The number of nitrogens with zero attached hydrogens (tertiary/aromatic N) is 4. The third-order valence-electron chi connectivity index (χ3n) is 5.71. The van der Waals surface area contributed by atoms with Crippen LogP contribution in [0.1, 0.15) is 23.4 Å². The minimum Gasteiger partial charge on any atom is -0.396 e. The van der Waals surface area contributed by atoms with Crippen LogP contribution in [0.15, 0.2) is 48.7 Å². The van der Waals surface area contributed by atoms with E-state index in [1.807, 2.05) is 43.5 Å². The Bertz CT molecular complexity index is 958. The van der Waals surface area contributed by atoms with Gasteiger partial charge in [-0.2, -0.15) is 5.10 Å². The summed E-state index contributed by atoms with van der Waals surface area (Å²) in [6.45, 7) is 6.70. The summed E-state index contributed by atoms with van der Waals surface area (Å²) < 4.78 is 0. The molecule has 1 fully saturated rings. The van der Waals surface area contributed by atoms with Crippen molar-refractivity contribution < 1.29 is 5.11 Å². The van der Waals surface area contributed by atoms with Gasteiger partial charge in [0.2, 0.25) is 0 Å². The summed E-state index contributed by atoms with van der Waals surface area (Å²) in [6, 6.07) is 14.3. The number of hydrogen-bond donors (Lipinski definition) is 2. The first-order valence-corrected chi connectivity index (χ1v) is 10.8. The van der Waals surface area contributed by atoms with Crippen molar-refractivity contribution in [1.29, 1.82) is 0 Å². The third kappa shape index (κ3) is 5.08. The van der Waals surface area contributed by atoms with Crippen LogP contribution in [0, 0.1) is 6.92 Å². The van der Waals surface area contributed by atoms with Gasteiger partial charge in [-0.25, -0.2) is 0 Å². The van der Waals surface area contributed by atoms with E-state index in [4.69, 9.17) is 11.6 Å². The van der Waals surface area contributed by atoms with Crippen molar-refractivity contribution in [2.45, 2.75) is 32.5 Å². The largest absolute Gasteiger partial charge is 0.396 e. The summed E-state index contributed by atoms with van der Waals surface area (Å²) in [4.78, 5) is 9.55. The van der Waals surface area contributed by atoms with Crippen LogP contribution < -0.4 is 0 Å². The van der Waals surface area contributed by atoms with Crippen LogP contribution in [0.5, 0.6) is 0 Å². The number of aliphatic hydroxyl groups excluding tert-OH is 1. The number of hydrogen-bond acceptors (Lipinski definition) is 5. The fourth-order valence-electron chi connectivity index (χ4n) is 4.17. The summed E-state index contributed by atoms with van der Waals surface area (Å²) >= 11 is 6.03. The van der Waals surface area contributed by atoms with Crippen LogP contribution in [-0.2, 0) is 13.1 Å². The van der Waals surface area contributed by atoms with Gasteiger partial charge in [0.05, 0.1) is 17.6 Å². The van der Waals surface area contributed by atoms with Crippen LogP contribution >= 0.6 is 11.6 Å². The van der Waals surface area contributed by atoms with Gasteiger partial charge in [0.1, 0.15) is 0 Å². The van der Waals surface area contributed by atoms with Crippen molar-refractivity contribution >= 4 is 11.6 Å². The molecule has 158 valence electrons. The minimum absolute atomic E-state index is 0.192. The predicted molar refractivity (Wildman–Crippen MR) is 119 cm³/mol. The molecular weight excluding hydrogens is 398 g/mol. The highest BCUT2D eigenvalue weighted by Crippen LogP contribution is 2.25. The van der Waals surface area contributed by atoms with E-state index >= 15 is 0 Å². The second-order valence-corrected chi connectivity index (χ2v) is 8.36. The van der Waals surface area contributed by atoms with Gasteiger partial charge in [-0.15, -0.1) is 0 Å². The van der Waals surface area contributed by atoms with Gasteiger partial charge in [-0.3, -0.25) is 19.9 Å². The molecule has 2 N–H and O–H groups in total. The van der Waals surface area contributed by atoms with E-state index in [1.54, 1.807) is 0 Å². The first kappa shape index (κ1) is 21.0. The van der Waals surface area contributed by atoms with Gasteiger partial charge in [-0.1, -0.05) is 29.8 Å². The number of rotatable bonds is 7. The van der Waals surface area contributed by atoms with Crippen LogP contribution in [0.2, 0.25) is 5.02 Å². The number of nitrogens with one attached hydrogen (secondary N) is 1. The highest BCUT2D eigenvalue weighted by atomic mass is 35.5. The predicted octanol–water partition coefficient (Wildman–Crippen LogP) is 3.50. The molecule has 0 amide bonds. The smallest absolute Gasteiger partial charge is 0.0695 e. The number of aliphatic hydroxyl groups is 1. The number of benzene rings is 1. The molecule has 1 aliphatic heterocycles. The molecule has 6 nitrogen and oxygen atoms in total. The number of H-pyrrole nitrogens is 1. The maximum atomic E-state index is 9.62. The number of piperazine rings is 1. The highest BCUT2D eigenvalue weighted by Gasteiger charge is 2.27. The van der Waals surface area contributed by atoms with Gasteiger partial charge in [0, 0.05) is 61.7 Å². The van der Waals surface area contributed by atoms with Crippen molar-refractivity contribution in [3.8, 4) is 11.3 Å². The van der Waals surface area contributed by atoms with E-state index in [9.17, 15) is 5.11 Å². The maximum absolute atomic E-state index is 9.62. The van der Waals surface area contributed by atoms with Gasteiger partial charge in [-0.05, 0) is 43.2 Å². The Morgan fingerprint density at radius 2 is 1.97 bits per heavy atom. The number of aryl methyl sites for hydroxylation is 1. The van der Waals surface area contributed by atoms with Gasteiger partial charge in [0.25, 0.3) is 0 Å². The fraction of sp³-hybridized carbons (Fsp3) is 0.391. The summed E-state index contributed by atoms with van der Waals surface area (Å²) in [5, 5.41) is 17.8. The first-order chi connectivity index (χ1) is 14.6. The molecule has 30 heavy (non-hydrogen) atoms. The van der Waals surface area contributed by atoms with E-state index in [0.29, 0.717) is 6.04 Å². The molecule has 2 aromatic heterocycles. The molecule has 0 aliphatic carbocycles. The summed E-state index contributed by atoms with van der Waals surface area (Å²) in [5.74, 6) is 0. The second-order valence-electron chi connectivity index (χ2n) is 7.92. The molecule has 1 saturated heterocycles. The van der Waals surface area contributed by atoms with Crippen LogP contribution in [-0.4, -0.2) is 62.4 Å². The summed E-state index contributed by atoms with van der Waals surface area (Å²) in [6.07, 6.45) is 2.67. The quantitative estimate of drug-likeness (QED) is 0.606. The van der Waals surface area contributed by atoms with Crippen LogP contribution in [0.3, 0.4) is 0 Å². The van der Waals surface area contributed by atoms with Crippen molar-refractivity contribution in [3.63, 3.8) is 0 Å². The summed E-state index contributed by atoms with van der Waals surface area (Å²) in [7, 11) is 0. The molecule has 1 aliphatic rings. The maximum Gasteiger partial charge on any atom is 0.0695 e. The Kier molecular flexibility index (Phi) is 6.79. The zero-order valence-corrected chi connectivity index (χ0v) is 18.0. The Hall–Kier alpha value is -2.25. The lowest BCUT2D eigenvalue weighted by molar-refractivity contribution is 0.0492. The highest BCUT2D eigenvalue weighted by molar-refractivity contribution is 6.30. The minimum atomic E-state index is 0.192. The lowest BCUT2D eigenvalue weighted by atomic mass is 10.1. The molecule has 1 aromatic carbocycles.